The largest absolute Gasteiger partial charge is 0.480 e. The fraction of sp³-hybridized carbons (Fsp3) is 0.700. The second-order valence-electron chi connectivity index (χ2n) is 4.00. The smallest absolute Gasteiger partial charge is 0.320 e. The number of thioether (sulfide) groups is 1. The molecule has 0 saturated carbocycles. The average molecular weight is 258 g/mol. The summed E-state index contributed by atoms with van der Waals surface area (Å²) in [6.45, 7) is 4.09. The van der Waals surface area contributed by atoms with Gasteiger partial charge in [-0.3, -0.25) is 4.79 Å². The van der Waals surface area contributed by atoms with Crippen molar-refractivity contribution in [1.29, 1.82) is 0 Å². The molecule has 0 amide bonds. The van der Waals surface area contributed by atoms with Crippen molar-refractivity contribution in [3.05, 3.63) is 12.2 Å². The van der Waals surface area contributed by atoms with E-state index < -0.39 is 12.0 Å². The SMILES string of the molecule is CC(C)n1ncnc1CSCCC(N)C(=O)O. The number of hydrogen-bond acceptors (Lipinski definition) is 5. The minimum Gasteiger partial charge on any atom is -0.480 e. The Morgan fingerprint density at radius 2 is 2.35 bits per heavy atom. The molecule has 1 heterocycles. The molecule has 0 saturated heterocycles. The lowest BCUT2D eigenvalue weighted by Gasteiger charge is -2.09. The average Bonchev–Trinajstić information content (AvgIpc) is 2.72. The molecule has 0 aliphatic heterocycles. The van der Waals surface area contributed by atoms with Crippen molar-refractivity contribution in [3.63, 3.8) is 0 Å². The van der Waals surface area contributed by atoms with E-state index in [4.69, 9.17) is 10.8 Å². The zero-order valence-corrected chi connectivity index (χ0v) is 10.9. The molecule has 1 unspecified atom stereocenters. The lowest BCUT2D eigenvalue weighted by Crippen LogP contribution is -2.30. The maximum Gasteiger partial charge on any atom is 0.320 e. The van der Waals surface area contributed by atoms with Gasteiger partial charge >= 0.3 is 5.97 Å². The lowest BCUT2D eigenvalue weighted by atomic mass is 10.2. The number of aromatic nitrogens is 3. The summed E-state index contributed by atoms with van der Waals surface area (Å²) in [5.41, 5.74) is 5.41. The number of carboxylic acids is 1. The third-order valence-electron chi connectivity index (χ3n) is 2.26. The minimum absolute atomic E-state index is 0.286. The molecule has 0 aromatic carbocycles. The molecule has 0 bridgehead atoms. The third kappa shape index (κ3) is 4.35. The topological polar surface area (TPSA) is 94.0 Å². The van der Waals surface area contributed by atoms with Gasteiger partial charge in [0.15, 0.2) is 0 Å². The molecule has 0 spiro atoms. The van der Waals surface area contributed by atoms with Gasteiger partial charge in [-0.25, -0.2) is 9.67 Å². The van der Waals surface area contributed by atoms with E-state index in [1.807, 2.05) is 18.5 Å². The molecule has 1 rings (SSSR count). The van der Waals surface area contributed by atoms with Gasteiger partial charge in [0.2, 0.25) is 0 Å². The molecule has 0 fully saturated rings. The molecule has 0 aliphatic rings. The molecule has 6 nitrogen and oxygen atoms in total. The quantitative estimate of drug-likeness (QED) is 0.705. The molecule has 17 heavy (non-hydrogen) atoms. The van der Waals surface area contributed by atoms with E-state index in [9.17, 15) is 4.79 Å². The Balaban J connectivity index is 2.31. The Kier molecular flexibility index (Phi) is 5.43. The number of aliphatic carboxylic acids is 1. The van der Waals surface area contributed by atoms with Crippen LogP contribution in [0.15, 0.2) is 6.33 Å². The van der Waals surface area contributed by atoms with Crippen molar-refractivity contribution < 1.29 is 9.90 Å². The van der Waals surface area contributed by atoms with Crippen LogP contribution in [0.3, 0.4) is 0 Å². The van der Waals surface area contributed by atoms with Crippen LogP contribution in [0.1, 0.15) is 32.1 Å². The van der Waals surface area contributed by atoms with Crippen molar-refractivity contribution in [2.75, 3.05) is 5.75 Å². The number of rotatable bonds is 7. The highest BCUT2D eigenvalue weighted by Gasteiger charge is 2.11. The summed E-state index contributed by atoms with van der Waals surface area (Å²) in [6, 6.07) is -0.486. The third-order valence-corrected chi connectivity index (χ3v) is 3.24. The summed E-state index contributed by atoms with van der Waals surface area (Å²) in [7, 11) is 0. The fourth-order valence-electron chi connectivity index (χ4n) is 1.31. The molecule has 1 aromatic heterocycles. The zero-order valence-electron chi connectivity index (χ0n) is 10.0. The Morgan fingerprint density at radius 3 is 2.94 bits per heavy atom. The predicted molar refractivity (Wildman–Crippen MR) is 66.8 cm³/mol. The summed E-state index contributed by atoms with van der Waals surface area (Å²) in [5, 5.41) is 12.8. The van der Waals surface area contributed by atoms with Gasteiger partial charge in [-0.05, 0) is 26.0 Å². The van der Waals surface area contributed by atoms with Crippen molar-refractivity contribution in [3.8, 4) is 0 Å². The van der Waals surface area contributed by atoms with Crippen LogP contribution in [0, 0.1) is 0 Å². The van der Waals surface area contributed by atoms with Gasteiger partial charge in [0.25, 0.3) is 0 Å². The fourth-order valence-corrected chi connectivity index (χ4v) is 2.26. The highest BCUT2D eigenvalue weighted by molar-refractivity contribution is 7.98. The highest BCUT2D eigenvalue weighted by Crippen LogP contribution is 2.14. The second-order valence-corrected chi connectivity index (χ2v) is 5.11. The number of carboxylic acid groups (broad SMARTS) is 1. The Bertz CT molecular complexity index is 367. The van der Waals surface area contributed by atoms with E-state index in [-0.39, 0.29) is 6.04 Å². The molecular weight excluding hydrogens is 240 g/mol. The summed E-state index contributed by atoms with van der Waals surface area (Å²) in [4.78, 5) is 14.7. The summed E-state index contributed by atoms with van der Waals surface area (Å²) in [6.07, 6.45) is 2.01. The van der Waals surface area contributed by atoms with Crippen molar-refractivity contribution in [2.24, 2.45) is 5.73 Å². The van der Waals surface area contributed by atoms with Crippen LogP contribution >= 0.6 is 11.8 Å². The van der Waals surface area contributed by atoms with Crippen molar-refractivity contribution in [2.45, 2.75) is 38.1 Å². The highest BCUT2D eigenvalue weighted by atomic mass is 32.2. The first kappa shape index (κ1) is 14.0. The van der Waals surface area contributed by atoms with Crippen LogP contribution in [0.5, 0.6) is 0 Å². The van der Waals surface area contributed by atoms with E-state index in [1.165, 1.54) is 0 Å². The minimum atomic E-state index is -0.948. The molecule has 3 N–H and O–H groups in total. The van der Waals surface area contributed by atoms with Crippen molar-refractivity contribution in [1.82, 2.24) is 14.8 Å². The standard InChI is InChI=1S/C10H18N4O2S/c1-7(2)14-9(12-6-13-14)5-17-4-3-8(11)10(15)16/h6-8H,3-5,11H2,1-2H3,(H,15,16). The van der Waals surface area contributed by atoms with E-state index in [1.54, 1.807) is 18.1 Å². The molecule has 0 aliphatic carbocycles. The van der Waals surface area contributed by atoms with Crippen LogP contribution in [-0.2, 0) is 10.5 Å². The Labute approximate surface area is 105 Å². The second kappa shape index (κ2) is 6.61. The van der Waals surface area contributed by atoms with Crippen LogP contribution in [0.4, 0.5) is 0 Å². The normalized spacial score (nSPS) is 12.9. The number of carbonyl (C=O) groups is 1. The summed E-state index contributed by atoms with van der Waals surface area (Å²) in [5.74, 6) is 1.40. The van der Waals surface area contributed by atoms with E-state index in [2.05, 4.69) is 10.1 Å². The van der Waals surface area contributed by atoms with Gasteiger partial charge in [0.1, 0.15) is 18.2 Å². The maximum atomic E-state index is 10.5. The van der Waals surface area contributed by atoms with Gasteiger partial charge in [-0.1, -0.05) is 0 Å². The monoisotopic (exact) mass is 258 g/mol. The van der Waals surface area contributed by atoms with Crippen LogP contribution < -0.4 is 5.73 Å². The van der Waals surface area contributed by atoms with Crippen LogP contribution in [0.25, 0.3) is 0 Å². The molecule has 0 radical (unpaired) electrons. The Hall–Kier alpha value is -1.08. The maximum absolute atomic E-state index is 10.5. The van der Waals surface area contributed by atoms with E-state index >= 15 is 0 Å². The molecule has 96 valence electrons. The summed E-state index contributed by atoms with van der Waals surface area (Å²) >= 11 is 1.62. The first-order valence-corrected chi connectivity index (χ1v) is 6.62. The number of nitrogens with two attached hydrogens (primary N) is 1. The molecule has 1 aromatic rings. The molecule has 1 atom stereocenters. The van der Waals surface area contributed by atoms with Gasteiger partial charge < -0.3 is 10.8 Å². The van der Waals surface area contributed by atoms with Crippen LogP contribution in [-0.4, -0.2) is 37.6 Å². The Morgan fingerprint density at radius 1 is 1.65 bits per heavy atom. The van der Waals surface area contributed by atoms with E-state index in [0.717, 1.165) is 11.6 Å². The van der Waals surface area contributed by atoms with Crippen LogP contribution in [0.2, 0.25) is 0 Å². The first-order valence-electron chi connectivity index (χ1n) is 5.47. The number of nitrogens with zero attached hydrogens (tertiary/aromatic N) is 3. The number of hydrogen-bond donors (Lipinski definition) is 2. The van der Waals surface area contributed by atoms with E-state index in [0.29, 0.717) is 12.2 Å². The first-order chi connectivity index (χ1) is 8.02. The molecule has 7 heteroatoms. The lowest BCUT2D eigenvalue weighted by molar-refractivity contribution is -0.138. The predicted octanol–water partition coefficient (Wildman–Crippen LogP) is 0.894. The molecular formula is C10H18N4O2S. The van der Waals surface area contributed by atoms with Gasteiger partial charge in [-0.15, -0.1) is 0 Å². The summed E-state index contributed by atoms with van der Waals surface area (Å²) < 4.78 is 1.87. The van der Waals surface area contributed by atoms with Gasteiger partial charge in [0, 0.05) is 6.04 Å². The van der Waals surface area contributed by atoms with Gasteiger partial charge in [-0.2, -0.15) is 16.9 Å². The van der Waals surface area contributed by atoms with Gasteiger partial charge in [0.05, 0.1) is 5.75 Å². The van der Waals surface area contributed by atoms with Crippen molar-refractivity contribution >= 4 is 17.7 Å². The zero-order chi connectivity index (χ0) is 12.8.